The molecule has 140 valence electrons. The summed E-state index contributed by atoms with van der Waals surface area (Å²) in [7, 11) is -3.52. The van der Waals surface area contributed by atoms with Crippen molar-refractivity contribution in [2.24, 2.45) is 0 Å². The number of sulfonamides is 1. The van der Waals surface area contributed by atoms with Gasteiger partial charge < -0.3 is 4.74 Å². The molecule has 0 bridgehead atoms. The molecule has 0 atom stereocenters. The minimum atomic E-state index is -3.52. The minimum absolute atomic E-state index is 0.175. The molecule has 0 spiro atoms. The largest absolute Gasteiger partial charge is 0.462 e. The van der Waals surface area contributed by atoms with Crippen LogP contribution in [-0.2, 0) is 21.2 Å². The van der Waals surface area contributed by atoms with Crippen LogP contribution in [0.2, 0.25) is 0 Å². The van der Waals surface area contributed by atoms with Crippen LogP contribution in [0.4, 0.5) is 0 Å². The van der Waals surface area contributed by atoms with Gasteiger partial charge in [-0.1, -0.05) is 19.9 Å². The SMILES string of the molecule is CCN(CC)S(=O)(=O)c1ccc(C(=O)OCCCc2cccnc2)cc1. The van der Waals surface area contributed by atoms with Gasteiger partial charge in [0.1, 0.15) is 0 Å². The fraction of sp³-hybridized carbons (Fsp3) is 0.368. The van der Waals surface area contributed by atoms with Crippen molar-refractivity contribution in [3.63, 3.8) is 0 Å². The number of nitrogens with zero attached hydrogens (tertiary/aromatic N) is 2. The molecule has 7 heteroatoms. The summed E-state index contributed by atoms with van der Waals surface area (Å²) in [6.07, 6.45) is 4.98. The zero-order chi connectivity index (χ0) is 19.0. The van der Waals surface area contributed by atoms with Crippen molar-refractivity contribution in [2.45, 2.75) is 31.6 Å². The lowest BCUT2D eigenvalue weighted by Crippen LogP contribution is -2.30. The molecule has 0 radical (unpaired) electrons. The number of esters is 1. The summed E-state index contributed by atoms with van der Waals surface area (Å²) in [5.74, 6) is -0.456. The fourth-order valence-electron chi connectivity index (χ4n) is 2.55. The first kappa shape index (κ1) is 20.1. The lowest BCUT2D eigenvalue weighted by Gasteiger charge is -2.18. The van der Waals surface area contributed by atoms with Crippen LogP contribution in [0.15, 0.2) is 53.7 Å². The van der Waals surface area contributed by atoms with Gasteiger partial charge in [0.2, 0.25) is 10.0 Å². The van der Waals surface area contributed by atoms with E-state index >= 15 is 0 Å². The molecule has 0 N–H and O–H groups in total. The second kappa shape index (κ2) is 9.45. The third-order valence-electron chi connectivity index (χ3n) is 4.00. The van der Waals surface area contributed by atoms with Gasteiger partial charge in [0.25, 0.3) is 0 Å². The number of hydrogen-bond donors (Lipinski definition) is 0. The first-order chi connectivity index (χ1) is 12.5. The zero-order valence-corrected chi connectivity index (χ0v) is 15.9. The Labute approximate surface area is 154 Å². The van der Waals surface area contributed by atoms with Gasteiger partial charge in [0.05, 0.1) is 17.1 Å². The number of hydrogen-bond acceptors (Lipinski definition) is 5. The van der Waals surface area contributed by atoms with E-state index in [1.54, 1.807) is 26.2 Å². The van der Waals surface area contributed by atoms with Crippen LogP contribution in [0, 0.1) is 0 Å². The Kier molecular flexibility index (Phi) is 7.29. The van der Waals surface area contributed by atoms with Crippen LogP contribution < -0.4 is 0 Å². The molecule has 2 rings (SSSR count). The third-order valence-corrected chi connectivity index (χ3v) is 6.06. The lowest BCUT2D eigenvalue weighted by molar-refractivity contribution is 0.0500. The summed E-state index contributed by atoms with van der Waals surface area (Å²) in [5.41, 5.74) is 1.43. The van der Waals surface area contributed by atoms with Crippen LogP contribution >= 0.6 is 0 Å². The van der Waals surface area contributed by atoms with Gasteiger partial charge >= 0.3 is 5.97 Å². The quantitative estimate of drug-likeness (QED) is 0.497. The van der Waals surface area contributed by atoms with E-state index in [9.17, 15) is 13.2 Å². The Bertz CT molecular complexity index is 801. The standard InChI is InChI=1S/C19H24N2O4S/c1-3-21(4-2)26(23,24)18-11-9-17(10-12-18)19(22)25-14-6-8-16-7-5-13-20-15-16/h5,7,9-13,15H,3-4,6,8,14H2,1-2H3. The smallest absolute Gasteiger partial charge is 0.338 e. The van der Waals surface area contributed by atoms with E-state index < -0.39 is 16.0 Å². The average Bonchev–Trinajstić information content (AvgIpc) is 2.67. The summed E-state index contributed by atoms with van der Waals surface area (Å²) < 4.78 is 31.5. The van der Waals surface area contributed by atoms with Crippen molar-refractivity contribution in [1.29, 1.82) is 0 Å². The number of ether oxygens (including phenoxy) is 1. The Balaban J connectivity index is 1.90. The average molecular weight is 376 g/mol. The topological polar surface area (TPSA) is 76.6 Å². The van der Waals surface area contributed by atoms with Gasteiger partial charge in [-0.05, 0) is 48.7 Å². The Morgan fingerprint density at radius 3 is 2.38 bits per heavy atom. The predicted octanol–water partition coefficient (Wildman–Crippen LogP) is 2.90. The number of aromatic nitrogens is 1. The molecule has 0 aliphatic carbocycles. The van der Waals surface area contributed by atoms with Crippen molar-refractivity contribution >= 4 is 16.0 Å². The highest BCUT2D eigenvalue weighted by atomic mass is 32.2. The fourth-order valence-corrected chi connectivity index (χ4v) is 4.00. The van der Waals surface area contributed by atoms with Crippen LogP contribution in [0.1, 0.15) is 36.2 Å². The molecule has 0 saturated heterocycles. The van der Waals surface area contributed by atoms with Crippen molar-refractivity contribution in [1.82, 2.24) is 9.29 Å². The monoisotopic (exact) mass is 376 g/mol. The zero-order valence-electron chi connectivity index (χ0n) is 15.1. The molecule has 1 aromatic heterocycles. The van der Waals surface area contributed by atoms with E-state index in [0.29, 0.717) is 31.7 Å². The second-order valence-corrected chi connectivity index (χ2v) is 7.65. The number of carbonyl (C=O) groups is 1. The maximum atomic E-state index is 12.4. The first-order valence-electron chi connectivity index (χ1n) is 8.65. The number of rotatable bonds is 9. The van der Waals surface area contributed by atoms with E-state index in [4.69, 9.17) is 4.74 Å². The summed E-state index contributed by atoms with van der Waals surface area (Å²) in [6.45, 7) is 4.68. The molecule has 0 unspecified atom stereocenters. The summed E-state index contributed by atoms with van der Waals surface area (Å²) in [6, 6.07) is 9.71. The summed E-state index contributed by atoms with van der Waals surface area (Å²) in [5, 5.41) is 0. The molecular formula is C19H24N2O4S. The third kappa shape index (κ3) is 5.12. The molecule has 0 amide bonds. The molecule has 1 heterocycles. The maximum Gasteiger partial charge on any atom is 0.338 e. The van der Waals surface area contributed by atoms with E-state index in [1.165, 1.54) is 28.6 Å². The minimum Gasteiger partial charge on any atom is -0.462 e. The maximum absolute atomic E-state index is 12.4. The molecular weight excluding hydrogens is 352 g/mol. The number of pyridine rings is 1. The van der Waals surface area contributed by atoms with Gasteiger partial charge in [-0.15, -0.1) is 0 Å². The molecule has 0 aliphatic heterocycles. The number of carbonyl (C=O) groups excluding carboxylic acids is 1. The molecule has 6 nitrogen and oxygen atoms in total. The van der Waals surface area contributed by atoms with Gasteiger partial charge in [0, 0.05) is 25.5 Å². The highest BCUT2D eigenvalue weighted by molar-refractivity contribution is 7.89. The van der Waals surface area contributed by atoms with Crippen molar-refractivity contribution < 1.29 is 17.9 Å². The highest BCUT2D eigenvalue weighted by Gasteiger charge is 2.21. The lowest BCUT2D eigenvalue weighted by atomic mass is 10.2. The Morgan fingerprint density at radius 2 is 1.81 bits per heavy atom. The Hall–Kier alpha value is -2.25. The van der Waals surface area contributed by atoms with Gasteiger partial charge in [-0.2, -0.15) is 4.31 Å². The molecule has 0 fully saturated rings. The molecule has 0 aliphatic rings. The van der Waals surface area contributed by atoms with Gasteiger partial charge in [-0.25, -0.2) is 13.2 Å². The van der Waals surface area contributed by atoms with Gasteiger partial charge in [0.15, 0.2) is 0 Å². The molecule has 0 saturated carbocycles. The van der Waals surface area contributed by atoms with Crippen molar-refractivity contribution in [2.75, 3.05) is 19.7 Å². The Morgan fingerprint density at radius 1 is 1.12 bits per heavy atom. The van der Waals surface area contributed by atoms with Crippen LogP contribution in [0.3, 0.4) is 0 Å². The normalized spacial score (nSPS) is 11.5. The molecule has 26 heavy (non-hydrogen) atoms. The summed E-state index contributed by atoms with van der Waals surface area (Å²) >= 11 is 0. The first-order valence-corrected chi connectivity index (χ1v) is 10.1. The van der Waals surface area contributed by atoms with E-state index in [2.05, 4.69) is 4.98 Å². The van der Waals surface area contributed by atoms with Crippen LogP contribution in [0.25, 0.3) is 0 Å². The number of aryl methyl sites for hydroxylation is 1. The molecule has 2 aromatic rings. The van der Waals surface area contributed by atoms with E-state index in [-0.39, 0.29) is 4.90 Å². The van der Waals surface area contributed by atoms with Gasteiger partial charge in [-0.3, -0.25) is 4.98 Å². The van der Waals surface area contributed by atoms with E-state index in [1.807, 2.05) is 12.1 Å². The summed E-state index contributed by atoms with van der Waals surface area (Å²) in [4.78, 5) is 16.3. The number of benzene rings is 1. The molecule has 1 aromatic carbocycles. The second-order valence-electron chi connectivity index (χ2n) is 5.71. The van der Waals surface area contributed by atoms with Crippen LogP contribution in [0.5, 0.6) is 0 Å². The highest BCUT2D eigenvalue weighted by Crippen LogP contribution is 2.16. The van der Waals surface area contributed by atoms with E-state index in [0.717, 1.165) is 12.0 Å². The van der Waals surface area contributed by atoms with Crippen molar-refractivity contribution in [3.8, 4) is 0 Å². The van der Waals surface area contributed by atoms with Crippen LogP contribution in [-0.4, -0.2) is 43.4 Å². The van der Waals surface area contributed by atoms with Crippen molar-refractivity contribution in [3.05, 3.63) is 59.9 Å². The predicted molar refractivity (Wildman–Crippen MR) is 99.4 cm³/mol.